The molecule has 1 aliphatic heterocycles. The second-order valence-electron chi connectivity index (χ2n) is 9.06. The molecule has 6 heteroatoms. The molecule has 1 saturated carbocycles. The van der Waals surface area contributed by atoms with Gasteiger partial charge in [0.25, 0.3) is 0 Å². The Labute approximate surface area is 191 Å². The maximum atomic E-state index is 10.5. The van der Waals surface area contributed by atoms with Gasteiger partial charge in [-0.25, -0.2) is 0 Å². The fraction of sp³-hybridized carbons (Fsp3) is 0.538. The Bertz CT molecular complexity index is 861. The minimum absolute atomic E-state index is 0.250. The Morgan fingerprint density at radius 3 is 2.47 bits per heavy atom. The van der Waals surface area contributed by atoms with Crippen molar-refractivity contribution in [1.82, 2.24) is 4.90 Å². The second kappa shape index (κ2) is 10.9. The van der Waals surface area contributed by atoms with Crippen molar-refractivity contribution in [3.8, 4) is 11.5 Å². The van der Waals surface area contributed by atoms with E-state index >= 15 is 0 Å². The molecule has 2 aromatic carbocycles. The average Bonchev–Trinajstić information content (AvgIpc) is 2.84. The predicted octanol–water partition coefficient (Wildman–Crippen LogP) is 3.89. The first-order valence-electron chi connectivity index (χ1n) is 11.9. The Morgan fingerprint density at radius 2 is 1.75 bits per heavy atom. The van der Waals surface area contributed by atoms with Crippen molar-refractivity contribution in [3.63, 3.8) is 0 Å². The second-order valence-corrected chi connectivity index (χ2v) is 9.06. The van der Waals surface area contributed by atoms with Gasteiger partial charge in [0.15, 0.2) is 0 Å². The topological polar surface area (TPSA) is 71.2 Å². The highest BCUT2D eigenvalue weighted by Gasteiger charge is 2.22. The third-order valence-electron chi connectivity index (χ3n) is 6.81. The van der Waals surface area contributed by atoms with E-state index in [1.807, 2.05) is 24.3 Å². The number of methoxy groups -OCH3 is 1. The van der Waals surface area contributed by atoms with Crippen molar-refractivity contribution in [2.45, 2.75) is 44.1 Å². The van der Waals surface area contributed by atoms with Crippen LogP contribution in [0, 0.1) is 0 Å². The van der Waals surface area contributed by atoms with E-state index < -0.39 is 6.10 Å². The number of β-amino-alcohol motifs (C(OH)–C–C–N with tert-alkyl or cyclic N) is 1. The molecule has 3 N–H and O–H groups in total. The molecule has 1 saturated heterocycles. The summed E-state index contributed by atoms with van der Waals surface area (Å²) in [5, 5.41) is 10.5. The van der Waals surface area contributed by atoms with E-state index in [2.05, 4.69) is 28.0 Å². The number of hydrogen-bond donors (Lipinski definition) is 2. The largest absolute Gasteiger partial charge is 0.495 e. The SMILES string of the molecule is COc1ccccc1N1CCN(CC(O)COc2ccc(C3CCCCC3)cc2N)CC1. The molecule has 0 bridgehead atoms. The number of aliphatic hydroxyl groups excluding tert-OH is 1. The van der Waals surface area contributed by atoms with Crippen LogP contribution in [0.1, 0.15) is 43.6 Å². The lowest BCUT2D eigenvalue weighted by atomic mass is 9.84. The number of nitrogens with two attached hydrogens (primary N) is 1. The Balaban J connectivity index is 1.23. The van der Waals surface area contributed by atoms with Gasteiger partial charge in [0, 0.05) is 32.7 Å². The first-order valence-corrected chi connectivity index (χ1v) is 11.9. The molecule has 0 aromatic heterocycles. The summed E-state index contributed by atoms with van der Waals surface area (Å²) in [4.78, 5) is 4.63. The van der Waals surface area contributed by atoms with Crippen LogP contribution in [-0.2, 0) is 0 Å². The van der Waals surface area contributed by atoms with Crippen molar-refractivity contribution >= 4 is 11.4 Å². The van der Waals surface area contributed by atoms with Crippen LogP contribution in [0.5, 0.6) is 11.5 Å². The molecule has 1 heterocycles. The number of anilines is 2. The fourth-order valence-corrected chi connectivity index (χ4v) is 4.99. The molecular formula is C26H37N3O3. The quantitative estimate of drug-likeness (QED) is 0.608. The molecule has 174 valence electrons. The van der Waals surface area contributed by atoms with Crippen LogP contribution < -0.4 is 20.1 Å². The van der Waals surface area contributed by atoms with Gasteiger partial charge in [-0.1, -0.05) is 37.5 Å². The summed E-state index contributed by atoms with van der Waals surface area (Å²) >= 11 is 0. The van der Waals surface area contributed by atoms with E-state index in [-0.39, 0.29) is 6.61 Å². The third kappa shape index (κ3) is 5.67. The molecule has 2 aromatic rings. The number of piperazine rings is 1. The molecule has 0 amide bonds. The van der Waals surface area contributed by atoms with E-state index in [1.54, 1.807) is 7.11 Å². The van der Waals surface area contributed by atoms with E-state index in [0.29, 0.717) is 23.9 Å². The minimum atomic E-state index is -0.551. The van der Waals surface area contributed by atoms with Crippen molar-refractivity contribution in [1.29, 1.82) is 0 Å². The van der Waals surface area contributed by atoms with E-state index in [1.165, 1.54) is 37.7 Å². The van der Waals surface area contributed by atoms with Crippen LogP contribution in [-0.4, -0.2) is 62.6 Å². The lowest BCUT2D eigenvalue weighted by Crippen LogP contribution is -2.49. The van der Waals surface area contributed by atoms with E-state index in [0.717, 1.165) is 37.6 Å². The van der Waals surface area contributed by atoms with Gasteiger partial charge in [0.1, 0.15) is 24.2 Å². The van der Waals surface area contributed by atoms with E-state index in [9.17, 15) is 5.11 Å². The first kappa shape index (κ1) is 22.7. The number of aliphatic hydroxyl groups is 1. The minimum Gasteiger partial charge on any atom is -0.495 e. The van der Waals surface area contributed by atoms with Crippen LogP contribution in [0.15, 0.2) is 42.5 Å². The Morgan fingerprint density at radius 1 is 1.00 bits per heavy atom. The molecular weight excluding hydrogens is 402 g/mol. The van der Waals surface area contributed by atoms with E-state index in [4.69, 9.17) is 15.2 Å². The summed E-state index contributed by atoms with van der Waals surface area (Å²) in [6, 6.07) is 14.3. The molecule has 4 rings (SSSR count). The van der Waals surface area contributed by atoms with Gasteiger partial charge in [-0.2, -0.15) is 0 Å². The van der Waals surface area contributed by atoms with Gasteiger partial charge in [-0.05, 0) is 48.6 Å². The number of rotatable bonds is 8. The average molecular weight is 440 g/mol. The van der Waals surface area contributed by atoms with Crippen molar-refractivity contribution in [2.24, 2.45) is 0 Å². The van der Waals surface area contributed by atoms with Crippen LogP contribution in [0.25, 0.3) is 0 Å². The predicted molar refractivity (Wildman–Crippen MR) is 130 cm³/mol. The smallest absolute Gasteiger partial charge is 0.142 e. The molecule has 1 atom stereocenters. The summed E-state index contributed by atoms with van der Waals surface area (Å²) < 4.78 is 11.4. The number of hydrogen-bond acceptors (Lipinski definition) is 6. The monoisotopic (exact) mass is 439 g/mol. The third-order valence-corrected chi connectivity index (χ3v) is 6.81. The number of nitrogens with zero attached hydrogens (tertiary/aromatic N) is 2. The summed E-state index contributed by atoms with van der Waals surface area (Å²) in [5.74, 6) is 2.20. The fourth-order valence-electron chi connectivity index (χ4n) is 4.99. The highest BCUT2D eigenvalue weighted by molar-refractivity contribution is 5.58. The lowest BCUT2D eigenvalue weighted by Gasteiger charge is -2.37. The van der Waals surface area contributed by atoms with Crippen molar-refractivity contribution < 1.29 is 14.6 Å². The maximum absolute atomic E-state index is 10.5. The zero-order valence-corrected chi connectivity index (χ0v) is 19.2. The number of para-hydroxylation sites is 2. The zero-order chi connectivity index (χ0) is 22.3. The number of benzene rings is 2. The normalized spacial score (nSPS) is 19.0. The van der Waals surface area contributed by atoms with Crippen LogP contribution in [0.4, 0.5) is 11.4 Å². The molecule has 2 fully saturated rings. The molecule has 6 nitrogen and oxygen atoms in total. The van der Waals surface area contributed by atoms with Gasteiger partial charge in [0.2, 0.25) is 0 Å². The lowest BCUT2D eigenvalue weighted by molar-refractivity contribution is 0.0665. The highest BCUT2D eigenvalue weighted by Crippen LogP contribution is 2.35. The van der Waals surface area contributed by atoms with Gasteiger partial charge in [-0.15, -0.1) is 0 Å². The summed E-state index contributed by atoms with van der Waals surface area (Å²) in [7, 11) is 1.71. The molecule has 0 radical (unpaired) electrons. The van der Waals surface area contributed by atoms with Gasteiger partial charge >= 0.3 is 0 Å². The molecule has 2 aliphatic rings. The van der Waals surface area contributed by atoms with Gasteiger partial charge in [-0.3, -0.25) is 4.90 Å². The Hall–Kier alpha value is -2.44. The maximum Gasteiger partial charge on any atom is 0.142 e. The molecule has 1 unspecified atom stereocenters. The van der Waals surface area contributed by atoms with Gasteiger partial charge < -0.3 is 25.2 Å². The Kier molecular flexibility index (Phi) is 7.76. The molecule has 32 heavy (non-hydrogen) atoms. The summed E-state index contributed by atoms with van der Waals surface area (Å²) in [5.41, 5.74) is 9.38. The molecule has 1 aliphatic carbocycles. The highest BCUT2D eigenvalue weighted by atomic mass is 16.5. The number of nitrogen functional groups attached to an aromatic ring is 1. The van der Waals surface area contributed by atoms with Crippen molar-refractivity contribution in [2.75, 3.05) is 57.1 Å². The van der Waals surface area contributed by atoms with Crippen LogP contribution >= 0.6 is 0 Å². The van der Waals surface area contributed by atoms with Crippen molar-refractivity contribution in [3.05, 3.63) is 48.0 Å². The number of ether oxygens (including phenoxy) is 2. The molecule has 0 spiro atoms. The summed E-state index contributed by atoms with van der Waals surface area (Å²) in [6.45, 7) is 4.45. The summed E-state index contributed by atoms with van der Waals surface area (Å²) in [6.07, 6.45) is 5.92. The van der Waals surface area contributed by atoms with Crippen LogP contribution in [0.3, 0.4) is 0 Å². The zero-order valence-electron chi connectivity index (χ0n) is 19.2. The van der Waals surface area contributed by atoms with Crippen LogP contribution in [0.2, 0.25) is 0 Å². The first-order chi connectivity index (χ1) is 15.6. The standard InChI is InChI=1S/C26H37N3O3/c1-31-26-10-6-5-9-24(26)29-15-13-28(14-16-29)18-22(30)19-32-25-12-11-21(17-23(25)27)20-7-3-2-4-8-20/h5-6,9-12,17,20,22,30H,2-4,7-8,13-16,18-19,27H2,1H3. The van der Waals surface area contributed by atoms with Gasteiger partial charge in [0.05, 0.1) is 18.5 Å².